The number of carbonyl (C=O) groups is 2. The minimum atomic E-state index is -0.487. The van der Waals surface area contributed by atoms with Crippen LogP contribution >= 0.6 is 15.9 Å². The van der Waals surface area contributed by atoms with Crippen molar-refractivity contribution in [3.8, 4) is 0 Å². The molecule has 7 heteroatoms. The summed E-state index contributed by atoms with van der Waals surface area (Å²) in [5.74, 6) is -1.28. The zero-order valence-corrected chi connectivity index (χ0v) is 16.0. The number of hydrogen-bond acceptors (Lipinski definition) is 4. The lowest BCUT2D eigenvalue weighted by Crippen LogP contribution is -2.44. The monoisotopic (exact) mass is 429 g/mol. The van der Waals surface area contributed by atoms with Gasteiger partial charge in [-0.15, -0.1) is 0 Å². The van der Waals surface area contributed by atoms with Crippen LogP contribution < -0.4 is 4.90 Å². The average Bonchev–Trinajstić information content (AvgIpc) is 3.30. The van der Waals surface area contributed by atoms with Crippen molar-refractivity contribution >= 4 is 33.4 Å². The maximum Gasteiger partial charge on any atom is 0.253 e. The third kappa shape index (κ3) is 2.49. The Labute approximate surface area is 164 Å². The Hall–Kier alpha value is -2.09. The summed E-state index contributed by atoms with van der Waals surface area (Å²) in [7, 11) is 0. The molecule has 27 heavy (non-hydrogen) atoms. The van der Waals surface area contributed by atoms with Crippen molar-refractivity contribution in [3.05, 3.63) is 64.4 Å². The van der Waals surface area contributed by atoms with Crippen molar-refractivity contribution in [3.63, 3.8) is 0 Å². The van der Waals surface area contributed by atoms with Crippen LogP contribution in [0.2, 0.25) is 0 Å². The second-order valence-electron chi connectivity index (χ2n) is 7.14. The third-order valence-electron chi connectivity index (χ3n) is 5.70. The van der Waals surface area contributed by atoms with Crippen molar-refractivity contribution < 1.29 is 14.0 Å². The van der Waals surface area contributed by atoms with Crippen LogP contribution in [0.4, 0.5) is 10.1 Å². The molecule has 0 N–H and O–H groups in total. The summed E-state index contributed by atoms with van der Waals surface area (Å²) >= 11 is 3.45. The first-order chi connectivity index (χ1) is 13.1. The van der Waals surface area contributed by atoms with Gasteiger partial charge in [0.15, 0.2) is 0 Å². The van der Waals surface area contributed by atoms with Gasteiger partial charge in [0.1, 0.15) is 11.9 Å². The molecule has 2 aromatic rings. The van der Waals surface area contributed by atoms with E-state index < -0.39 is 17.8 Å². The fourth-order valence-electron chi connectivity index (χ4n) is 4.62. The lowest BCUT2D eigenvalue weighted by atomic mass is 9.90. The van der Waals surface area contributed by atoms with Gasteiger partial charge in [0.05, 0.1) is 17.6 Å². The number of hydrazine groups is 1. The highest BCUT2D eigenvalue weighted by molar-refractivity contribution is 9.10. The Balaban J connectivity index is 1.57. The van der Waals surface area contributed by atoms with Gasteiger partial charge >= 0.3 is 0 Å². The molecule has 5 rings (SSSR count). The molecule has 0 aliphatic carbocycles. The van der Waals surface area contributed by atoms with E-state index in [0.717, 1.165) is 29.5 Å². The fraction of sp³-hybridized carbons (Fsp3) is 0.300. The fourth-order valence-corrected chi connectivity index (χ4v) is 4.88. The molecule has 0 unspecified atom stereocenters. The molecular formula is C20H17BrFN3O2. The first-order valence-electron chi connectivity index (χ1n) is 8.98. The molecule has 0 aromatic heterocycles. The Bertz CT molecular complexity index is 918. The van der Waals surface area contributed by atoms with E-state index >= 15 is 0 Å². The molecule has 3 fully saturated rings. The molecule has 5 nitrogen and oxygen atoms in total. The number of imide groups is 1. The molecule has 3 atom stereocenters. The first kappa shape index (κ1) is 17.0. The summed E-state index contributed by atoms with van der Waals surface area (Å²) in [6.07, 6.45) is 0.967. The van der Waals surface area contributed by atoms with Crippen LogP contribution in [0, 0.1) is 11.7 Å². The number of amides is 2. The Morgan fingerprint density at radius 2 is 1.48 bits per heavy atom. The highest BCUT2D eigenvalue weighted by Gasteiger charge is 2.62. The predicted molar refractivity (Wildman–Crippen MR) is 101 cm³/mol. The Morgan fingerprint density at radius 3 is 2.15 bits per heavy atom. The Morgan fingerprint density at radius 1 is 0.852 bits per heavy atom. The van der Waals surface area contributed by atoms with Crippen LogP contribution in [0.25, 0.3) is 0 Å². The first-order valence-corrected chi connectivity index (χ1v) is 9.77. The van der Waals surface area contributed by atoms with E-state index in [1.165, 1.54) is 29.2 Å². The van der Waals surface area contributed by atoms with Crippen LogP contribution in [-0.2, 0) is 9.59 Å². The average molecular weight is 430 g/mol. The normalized spacial score (nSPS) is 28.1. The zero-order chi connectivity index (χ0) is 18.7. The molecule has 138 valence electrons. The van der Waals surface area contributed by atoms with E-state index in [1.54, 1.807) is 0 Å². The number of carbonyl (C=O) groups excluding carboxylic acids is 2. The lowest BCUT2D eigenvalue weighted by Gasteiger charge is -2.29. The number of nitrogens with zero attached hydrogens (tertiary/aromatic N) is 3. The lowest BCUT2D eigenvalue weighted by molar-refractivity contribution is -0.126. The van der Waals surface area contributed by atoms with E-state index in [1.807, 2.05) is 24.3 Å². The third-order valence-corrected chi connectivity index (χ3v) is 6.23. The summed E-state index contributed by atoms with van der Waals surface area (Å²) in [6.45, 7) is 1.61. The summed E-state index contributed by atoms with van der Waals surface area (Å²) in [5.41, 5.74) is 1.46. The van der Waals surface area contributed by atoms with Crippen molar-refractivity contribution in [1.29, 1.82) is 0 Å². The SMILES string of the molecule is O=C1[C@@H]2[C@@H](C(=O)N1c1ccc(F)cc1)N1CCCN1[C@H]2c1ccc(Br)cc1. The van der Waals surface area contributed by atoms with Crippen molar-refractivity contribution in [2.75, 3.05) is 18.0 Å². The molecule has 0 radical (unpaired) electrons. The van der Waals surface area contributed by atoms with Gasteiger partial charge < -0.3 is 0 Å². The van der Waals surface area contributed by atoms with Gasteiger partial charge in [-0.25, -0.2) is 19.3 Å². The van der Waals surface area contributed by atoms with E-state index in [9.17, 15) is 14.0 Å². The molecule has 0 saturated carbocycles. The second-order valence-corrected chi connectivity index (χ2v) is 8.05. The number of hydrogen-bond donors (Lipinski definition) is 0. The molecule has 2 amide bonds. The van der Waals surface area contributed by atoms with Gasteiger partial charge in [-0.3, -0.25) is 9.59 Å². The zero-order valence-electron chi connectivity index (χ0n) is 14.4. The molecule has 3 aliphatic rings. The van der Waals surface area contributed by atoms with E-state index in [-0.39, 0.29) is 17.9 Å². The van der Waals surface area contributed by atoms with Crippen LogP contribution in [0.15, 0.2) is 53.0 Å². The van der Waals surface area contributed by atoms with Gasteiger partial charge in [0.25, 0.3) is 5.91 Å². The summed E-state index contributed by atoms with van der Waals surface area (Å²) in [4.78, 5) is 27.7. The van der Waals surface area contributed by atoms with E-state index in [0.29, 0.717) is 5.69 Å². The minimum absolute atomic E-state index is 0.160. The highest BCUT2D eigenvalue weighted by Crippen LogP contribution is 2.48. The van der Waals surface area contributed by atoms with Crippen molar-refractivity contribution in [1.82, 2.24) is 10.0 Å². The maximum absolute atomic E-state index is 13.3. The molecular weight excluding hydrogens is 413 g/mol. The molecule has 0 spiro atoms. The van der Waals surface area contributed by atoms with Crippen LogP contribution in [0.1, 0.15) is 18.0 Å². The van der Waals surface area contributed by atoms with Crippen LogP contribution in [-0.4, -0.2) is 41.0 Å². The van der Waals surface area contributed by atoms with Gasteiger partial charge in [-0.05, 0) is 48.4 Å². The van der Waals surface area contributed by atoms with Crippen LogP contribution in [0.5, 0.6) is 0 Å². The maximum atomic E-state index is 13.3. The van der Waals surface area contributed by atoms with Gasteiger partial charge in [-0.2, -0.15) is 0 Å². The molecule has 3 heterocycles. The van der Waals surface area contributed by atoms with Crippen molar-refractivity contribution in [2.45, 2.75) is 18.5 Å². The number of halogens is 2. The molecule has 3 aliphatic heterocycles. The number of fused-ring (bicyclic) bond motifs is 3. The summed E-state index contributed by atoms with van der Waals surface area (Å²) < 4.78 is 14.3. The molecule has 3 saturated heterocycles. The van der Waals surface area contributed by atoms with Gasteiger partial charge in [0, 0.05) is 17.6 Å². The minimum Gasteiger partial charge on any atom is -0.274 e. The predicted octanol–water partition coefficient (Wildman–Crippen LogP) is 3.12. The number of benzene rings is 2. The van der Waals surface area contributed by atoms with Gasteiger partial charge in [0.2, 0.25) is 5.91 Å². The van der Waals surface area contributed by atoms with E-state index in [2.05, 4.69) is 25.9 Å². The smallest absolute Gasteiger partial charge is 0.253 e. The molecule has 0 bridgehead atoms. The van der Waals surface area contributed by atoms with Gasteiger partial charge in [-0.1, -0.05) is 28.1 Å². The number of anilines is 1. The number of rotatable bonds is 2. The highest BCUT2D eigenvalue weighted by atomic mass is 79.9. The summed E-state index contributed by atoms with van der Waals surface area (Å²) in [5, 5.41) is 4.23. The summed E-state index contributed by atoms with van der Waals surface area (Å²) in [6, 6.07) is 12.8. The van der Waals surface area contributed by atoms with E-state index in [4.69, 9.17) is 0 Å². The Kier molecular flexibility index (Phi) is 3.93. The largest absolute Gasteiger partial charge is 0.274 e. The van der Waals surface area contributed by atoms with Crippen LogP contribution in [0.3, 0.4) is 0 Å². The second kappa shape index (κ2) is 6.22. The topological polar surface area (TPSA) is 43.9 Å². The standard InChI is InChI=1S/C20H17BrFN3O2/c21-13-4-2-12(3-5-13)17-16-18(24-11-1-10-23(17)24)20(27)25(19(16)26)15-8-6-14(22)7-9-15/h2-9,16-18H,1,10-11H2/t16-,17-,18-/m0/s1. The van der Waals surface area contributed by atoms with Crippen molar-refractivity contribution in [2.24, 2.45) is 5.92 Å². The quantitative estimate of drug-likeness (QED) is 0.687. The molecule has 2 aromatic carbocycles.